The van der Waals surface area contributed by atoms with E-state index in [9.17, 15) is 14.4 Å². The predicted molar refractivity (Wildman–Crippen MR) is 117 cm³/mol. The predicted octanol–water partition coefficient (Wildman–Crippen LogP) is 3.67. The first kappa shape index (κ1) is 22.3. The fraction of sp³-hybridized carbons (Fsp3) is 0.375. The molecule has 0 aliphatic heterocycles. The van der Waals surface area contributed by atoms with Crippen molar-refractivity contribution in [2.75, 3.05) is 6.61 Å². The second-order valence-electron chi connectivity index (χ2n) is 8.37. The van der Waals surface area contributed by atoms with Gasteiger partial charge in [-0.3, -0.25) is 9.59 Å². The van der Waals surface area contributed by atoms with Gasteiger partial charge in [0, 0.05) is 11.5 Å². The van der Waals surface area contributed by atoms with Crippen LogP contribution in [0.4, 0.5) is 4.79 Å². The van der Waals surface area contributed by atoms with Gasteiger partial charge in [0.05, 0.1) is 6.42 Å². The Bertz CT molecular complexity index is 940. The Hall–Kier alpha value is -3.35. The van der Waals surface area contributed by atoms with Gasteiger partial charge in [0.15, 0.2) is 0 Å². The number of amides is 2. The largest absolute Gasteiger partial charge is 0.481 e. The molecule has 2 aromatic rings. The molecule has 0 saturated heterocycles. The molecule has 1 aliphatic carbocycles. The number of hydrogen-bond donors (Lipinski definition) is 3. The highest BCUT2D eigenvalue weighted by atomic mass is 16.5. The van der Waals surface area contributed by atoms with Gasteiger partial charge in [-0.25, -0.2) is 4.79 Å². The van der Waals surface area contributed by atoms with Gasteiger partial charge in [-0.1, -0.05) is 55.5 Å². The van der Waals surface area contributed by atoms with E-state index in [1.807, 2.05) is 36.4 Å². The van der Waals surface area contributed by atoms with Crippen LogP contribution in [0.25, 0.3) is 11.1 Å². The highest BCUT2D eigenvalue weighted by Gasteiger charge is 2.31. The van der Waals surface area contributed by atoms with Crippen LogP contribution in [-0.2, 0) is 14.3 Å². The lowest BCUT2D eigenvalue weighted by Gasteiger charge is -2.27. The molecular weight excluding hydrogens is 396 g/mol. The maximum absolute atomic E-state index is 12.5. The van der Waals surface area contributed by atoms with Crippen molar-refractivity contribution in [3.05, 3.63) is 59.7 Å². The Balaban J connectivity index is 1.62. The summed E-state index contributed by atoms with van der Waals surface area (Å²) in [5.41, 5.74) is 3.56. The molecule has 1 atom stereocenters. The third-order valence-electron chi connectivity index (χ3n) is 5.42. The van der Waals surface area contributed by atoms with E-state index in [2.05, 4.69) is 22.8 Å². The molecule has 2 amide bonds. The molecule has 3 N–H and O–H groups in total. The van der Waals surface area contributed by atoms with E-state index in [-0.39, 0.29) is 18.9 Å². The minimum absolute atomic E-state index is 0.0680. The van der Waals surface area contributed by atoms with Crippen molar-refractivity contribution in [3.8, 4) is 11.1 Å². The van der Waals surface area contributed by atoms with Crippen LogP contribution in [-0.4, -0.2) is 41.3 Å². The molecule has 0 bridgehead atoms. The second-order valence-corrected chi connectivity index (χ2v) is 8.37. The van der Waals surface area contributed by atoms with Crippen molar-refractivity contribution in [3.63, 3.8) is 0 Å². The molecule has 7 heteroatoms. The van der Waals surface area contributed by atoms with Crippen LogP contribution in [0.3, 0.4) is 0 Å². The summed E-state index contributed by atoms with van der Waals surface area (Å²) in [4.78, 5) is 35.9. The van der Waals surface area contributed by atoms with Gasteiger partial charge < -0.3 is 20.5 Å². The summed E-state index contributed by atoms with van der Waals surface area (Å²) in [5, 5.41) is 14.2. The number of fused-ring (bicyclic) bond motifs is 3. The monoisotopic (exact) mass is 424 g/mol. The quantitative estimate of drug-likeness (QED) is 0.600. The Morgan fingerprint density at radius 3 is 2.10 bits per heavy atom. The standard InChI is InChI=1S/C24H28N2O5/c1-4-20(22(29)26-24(2,3)13-21(27)28)25-23(30)31-14-19-17-11-7-5-9-15(17)16-10-6-8-12-18(16)19/h5-12,19-20H,4,13-14H2,1-3H3,(H,25,30)(H,26,29)(H,27,28)/t20-/m0/s1. The third-order valence-corrected chi connectivity index (χ3v) is 5.42. The van der Waals surface area contributed by atoms with E-state index in [1.54, 1.807) is 20.8 Å². The van der Waals surface area contributed by atoms with E-state index in [0.29, 0.717) is 6.42 Å². The zero-order valence-electron chi connectivity index (χ0n) is 18.0. The topological polar surface area (TPSA) is 105 Å². The maximum atomic E-state index is 12.5. The maximum Gasteiger partial charge on any atom is 0.407 e. The molecule has 1 aliphatic rings. The van der Waals surface area contributed by atoms with E-state index in [1.165, 1.54) is 0 Å². The molecule has 7 nitrogen and oxygen atoms in total. The van der Waals surface area contributed by atoms with Crippen molar-refractivity contribution in [2.24, 2.45) is 0 Å². The van der Waals surface area contributed by atoms with Gasteiger partial charge >= 0.3 is 12.1 Å². The van der Waals surface area contributed by atoms with Crippen LogP contribution >= 0.6 is 0 Å². The number of hydrogen-bond acceptors (Lipinski definition) is 4. The van der Waals surface area contributed by atoms with Crippen LogP contribution in [0.2, 0.25) is 0 Å². The molecule has 0 spiro atoms. The smallest absolute Gasteiger partial charge is 0.407 e. The summed E-state index contributed by atoms with van der Waals surface area (Å²) in [6.45, 7) is 5.17. The number of carbonyl (C=O) groups is 3. The number of carboxylic acid groups (broad SMARTS) is 1. The number of aliphatic carboxylic acids is 1. The molecule has 3 rings (SSSR count). The van der Waals surface area contributed by atoms with E-state index in [0.717, 1.165) is 22.3 Å². The van der Waals surface area contributed by atoms with Gasteiger partial charge in [0.25, 0.3) is 0 Å². The van der Waals surface area contributed by atoms with Crippen LogP contribution < -0.4 is 10.6 Å². The number of rotatable bonds is 8. The molecule has 0 radical (unpaired) electrons. The van der Waals surface area contributed by atoms with Gasteiger partial charge in [-0.15, -0.1) is 0 Å². The number of alkyl carbamates (subject to hydrolysis) is 1. The summed E-state index contributed by atoms with van der Waals surface area (Å²) in [5.74, 6) is -1.52. The molecular formula is C24H28N2O5. The lowest BCUT2D eigenvalue weighted by Crippen LogP contribution is -2.53. The van der Waals surface area contributed by atoms with Crippen LogP contribution in [0, 0.1) is 0 Å². The fourth-order valence-electron chi connectivity index (χ4n) is 3.98. The fourth-order valence-corrected chi connectivity index (χ4v) is 3.98. The van der Waals surface area contributed by atoms with Crippen molar-refractivity contribution < 1.29 is 24.2 Å². The van der Waals surface area contributed by atoms with Crippen molar-refractivity contribution in [1.82, 2.24) is 10.6 Å². The van der Waals surface area contributed by atoms with Crippen molar-refractivity contribution >= 4 is 18.0 Å². The summed E-state index contributed by atoms with van der Waals surface area (Å²) in [7, 11) is 0. The van der Waals surface area contributed by atoms with Crippen LogP contribution in [0.5, 0.6) is 0 Å². The highest BCUT2D eigenvalue weighted by Crippen LogP contribution is 2.44. The molecule has 164 valence electrons. The summed E-state index contributed by atoms with van der Waals surface area (Å²) >= 11 is 0. The van der Waals surface area contributed by atoms with Gasteiger partial charge in [-0.2, -0.15) is 0 Å². The van der Waals surface area contributed by atoms with E-state index in [4.69, 9.17) is 9.84 Å². The van der Waals surface area contributed by atoms with Crippen molar-refractivity contribution in [2.45, 2.75) is 51.1 Å². The number of benzene rings is 2. The second kappa shape index (κ2) is 9.20. The third kappa shape index (κ3) is 5.23. The lowest BCUT2D eigenvalue weighted by molar-refractivity contribution is -0.138. The van der Waals surface area contributed by atoms with Gasteiger partial charge in [-0.05, 0) is 42.5 Å². The average molecular weight is 424 g/mol. The first-order valence-corrected chi connectivity index (χ1v) is 10.4. The number of carbonyl (C=O) groups excluding carboxylic acids is 2. The first-order valence-electron chi connectivity index (χ1n) is 10.4. The minimum Gasteiger partial charge on any atom is -0.481 e. The summed E-state index contributed by atoms with van der Waals surface area (Å²) in [6, 6.07) is 15.3. The Labute approximate surface area is 181 Å². The van der Waals surface area contributed by atoms with Gasteiger partial charge in [0.1, 0.15) is 12.6 Å². The molecule has 0 fully saturated rings. The lowest BCUT2D eigenvalue weighted by atomic mass is 9.98. The first-order chi connectivity index (χ1) is 14.7. The SMILES string of the molecule is CC[C@H](NC(=O)OCC1c2ccccc2-c2ccccc21)C(=O)NC(C)(C)CC(=O)O. The molecule has 0 unspecified atom stereocenters. The molecule has 0 aromatic heterocycles. The number of ether oxygens (including phenoxy) is 1. The Morgan fingerprint density at radius 1 is 1.03 bits per heavy atom. The summed E-state index contributed by atoms with van der Waals surface area (Å²) < 4.78 is 5.49. The van der Waals surface area contributed by atoms with E-state index < -0.39 is 29.6 Å². The Kier molecular flexibility index (Phi) is 6.63. The van der Waals surface area contributed by atoms with Crippen LogP contribution in [0.1, 0.15) is 50.7 Å². The number of carboxylic acids is 1. The van der Waals surface area contributed by atoms with Crippen LogP contribution in [0.15, 0.2) is 48.5 Å². The number of nitrogens with one attached hydrogen (secondary N) is 2. The summed E-state index contributed by atoms with van der Waals surface area (Å²) in [6.07, 6.45) is -0.556. The molecule has 2 aromatic carbocycles. The normalized spacial score (nSPS) is 13.6. The van der Waals surface area contributed by atoms with Crippen molar-refractivity contribution in [1.29, 1.82) is 0 Å². The van der Waals surface area contributed by atoms with E-state index >= 15 is 0 Å². The molecule has 0 saturated carbocycles. The Morgan fingerprint density at radius 2 is 1.58 bits per heavy atom. The van der Waals surface area contributed by atoms with Gasteiger partial charge in [0.2, 0.25) is 5.91 Å². The molecule has 31 heavy (non-hydrogen) atoms. The molecule has 0 heterocycles. The highest BCUT2D eigenvalue weighted by molar-refractivity contribution is 5.86. The zero-order valence-corrected chi connectivity index (χ0v) is 18.0. The zero-order chi connectivity index (χ0) is 22.6. The average Bonchev–Trinajstić information content (AvgIpc) is 3.03. The minimum atomic E-state index is -1.01.